The van der Waals surface area contributed by atoms with Gasteiger partial charge in [0.05, 0.1) is 0 Å². The molecule has 3 N–H and O–H groups in total. The van der Waals surface area contributed by atoms with Crippen molar-refractivity contribution in [2.24, 2.45) is 52.3 Å². The van der Waals surface area contributed by atoms with E-state index in [1.54, 1.807) is 11.8 Å². The Hall–Kier alpha value is -1.24. The second kappa shape index (κ2) is 13.6. The monoisotopic (exact) mass is 590 g/mol. The van der Waals surface area contributed by atoms with Gasteiger partial charge in [0.2, 0.25) is 11.8 Å². The summed E-state index contributed by atoms with van der Waals surface area (Å²) in [5.74, 6) is 3.72. The van der Waals surface area contributed by atoms with Gasteiger partial charge in [-0.25, -0.2) is 4.79 Å². The average molecular weight is 591 g/mol. The Morgan fingerprint density at radius 1 is 0.878 bits per heavy atom. The molecule has 4 aliphatic carbocycles. The number of thioether (sulfide) groups is 1. The van der Waals surface area contributed by atoms with Crippen molar-refractivity contribution in [1.29, 1.82) is 0 Å². The third-order valence-corrected chi connectivity index (χ3v) is 13.3. The predicted molar refractivity (Wildman–Crippen MR) is 168 cm³/mol. The number of rotatable bonds is 12. The van der Waals surface area contributed by atoms with Gasteiger partial charge in [-0.3, -0.25) is 9.59 Å². The zero-order chi connectivity index (χ0) is 29.9. The minimum atomic E-state index is -1.03. The fraction of sp³-hybridized carbons (Fsp3) is 0.912. The number of carbonyl (C=O) groups is 3. The summed E-state index contributed by atoms with van der Waals surface area (Å²) in [6, 6.07) is -1.66. The summed E-state index contributed by atoms with van der Waals surface area (Å²) >= 11 is 1.55. The van der Waals surface area contributed by atoms with Crippen LogP contribution in [0.25, 0.3) is 0 Å². The summed E-state index contributed by atoms with van der Waals surface area (Å²) in [6.07, 6.45) is 17.6. The molecule has 4 saturated carbocycles. The number of carboxylic acid groups (broad SMARTS) is 1. The van der Waals surface area contributed by atoms with E-state index in [2.05, 4.69) is 31.4 Å². The maximum absolute atomic E-state index is 13.1. The van der Waals surface area contributed by atoms with Gasteiger partial charge in [0, 0.05) is 6.42 Å². The average Bonchev–Trinajstić information content (AvgIpc) is 3.29. The highest BCUT2D eigenvalue weighted by molar-refractivity contribution is 7.98. The van der Waals surface area contributed by atoms with Gasteiger partial charge in [0.25, 0.3) is 0 Å². The van der Waals surface area contributed by atoms with Crippen molar-refractivity contribution in [3.05, 3.63) is 0 Å². The number of carboxylic acids is 1. The number of nitrogens with one attached hydrogen (secondary N) is 2. The summed E-state index contributed by atoms with van der Waals surface area (Å²) in [7, 11) is 0. The number of hydrogen-bond donors (Lipinski definition) is 3. The van der Waals surface area contributed by atoms with E-state index in [0.717, 1.165) is 30.1 Å². The van der Waals surface area contributed by atoms with Crippen LogP contribution in [-0.2, 0) is 14.4 Å². The minimum absolute atomic E-state index is 0.103. The molecule has 10 atom stereocenters. The van der Waals surface area contributed by atoms with Crippen LogP contribution in [-0.4, -0.2) is 47.0 Å². The SMILES string of the molecule is CSCC[C@H](NC(=O)[C@@H](NC(=O)CC[C@@H](C)[C@H]1CC[C@H]2[C@@H]3CC[C@@H]4CCCC[C@]4(C)C3CC[C@]12C)C(C)C)C(=O)O. The summed E-state index contributed by atoms with van der Waals surface area (Å²) in [6.45, 7) is 11.4. The molecule has 0 radical (unpaired) electrons. The second-order valence-electron chi connectivity index (χ2n) is 15.1. The van der Waals surface area contributed by atoms with Gasteiger partial charge in [-0.05, 0) is 128 Å². The summed E-state index contributed by atoms with van der Waals surface area (Å²) in [4.78, 5) is 37.7. The molecule has 41 heavy (non-hydrogen) atoms. The van der Waals surface area contributed by atoms with E-state index in [1.165, 1.54) is 64.2 Å². The van der Waals surface area contributed by atoms with E-state index >= 15 is 0 Å². The molecule has 0 heterocycles. The van der Waals surface area contributed by atoms with E-state index in [9.17, 15) is 19.5 Å². The van der Waals surface area contributed by atoms with Crippen LogP contribution in [0.2, 0.25) is 0 Å². The Bertz CT molecular complexity index is 942. The van der Waals surface area contributed by atoms with Crippen molar-refractivity contribution in [2.45, 2.75) is 130 Å². The van der Waals surface area contributed by atoms with Crippen molar-refractivity contribution in [3.63, 3.8) is 0 Å². The largest absolute Gasteiger partial charge is 0.480 e. The fourth-order valence-electron chi connectivity index (χ4n) is 10.4. The topological polar surface area (TPSA) is 95.5 Å². The molecular weight excluding hydrogens is 532 g/mol. The van der Waals surface area contributed by atoms with Crippen LogP contribution in [0.15, 0.2) is 0 Å². The molecule has 0 bridgehead atoms. The van der Waals surface area contributed by atoms with Crippen LogP contribution in [0.3, 0.4) is 0 Å². The molecule has 4 rings (SSSR count). The molecule has 2 amide bonds. The maximum Gasteiger partial charge on any atom is 0.326 e. The van der Waals surface area contributed by atoms with Crippen molar-refractivity contribution in [3.8, 4) is 0 Å². The smallest absolute Gasteiger partial charge is 0.326 e. The molecule has 0 aromatic heterocycles. The summed E-state index contributed by atoms with van der Waals surface area (Å²) < 4.78 is 0. The van der Waals surface area contributed by atoms with E-state index in [-0.39, 0.29) is 11.8 Å². The molecule has 6 nitrogen and oxygen atoms in total. The van der Waals surface area contributed by atoms with Crippen LogP contribution < -0.4 is 10.6 Å². The molecule has 4 aliphatic rings. The van der Waals surface area contributed by atoms with Crippen molar-refractivity contribution >= 4 is 29.5 Å². The summed E-state index contributed by atoms with van der Waals surface area (Å²) in [5.41, 5.74) is 0.959. The Labute approximate surface area is 253 Å². The van der Waals surface area contributed by atoms with Gasteiger partial charge in [-0.1, -0.05) is 47.5 Å². The first-order valence-corrected chi connectivity index (χ1v) is 18.1. The fourth-order valence-corrected chi connectivity index (χ4v) is 10.8. The lowest BCUT2D eigenvalue weighted by atomic mass is 9.44. The zero-order valence-electron chi connectivity index (χ0n) is 26.7. The highest BCUT2D eigenvalue weighted by Gasteiger charge is 2.60. The third-order valence-electron chi connectivity index (χ3n) is 12.7. The highest BCUT2D eigenvalue weighted by Crippen LogP contribution is 2.68. The molecule has 0 aromatic rings. The number of fused-ring (bicyclic) bond motifs is 5. The normalized spacial score (nSPS) is 36.8. The first-order chi connectivity index (χ1) is 19.4. The van der Waals surface area contributed by atoms with Gasteiger partial charge in [-0.2, -0.15) is 11.8 Å². The van der Waals surface area contributed by atoms with Gasteiger partial charge in [0.15, 0.2) is 0 Å². The Morgan fingerprint density at radius 2 is 1.61 bits per heavy atom. The van der Waals surface area contributed by atoms with Crippen molar-refractivity contribution in [1.82, 2.24) is 10.6 Å². The molecule has 0 aromatic carbocycles. The number of amides is 2. The lowest BCUT2D eigenvalue weighted by Gasteiger charge is -2.61. The van der Waals surface area contributed by atoms with Gasteiger partial charge in [0.1, 0.15) is 12.1 Å². The van der Waals surface area contributed by atoms with E-state index < -0.39 is 24.0 Å². The molecule has 0 aliphatic heterocycles. The lowest BCUT2D eigenvalue weighted by molar-refractivity contribution is -0.142. The predicted octanol–water partition coefficient (Wildman–Crippen LogP) is 6.92. The number of hydrogen-bond acceptors (Lipinski definition) is 4. The van der Waals surface area contributed by atoms with Crippen LogP contribution in [0.4, 0.5) is 0 Å². The molecule has 234 valence electrons. The van der Waals surface area contributed by atoms with Crippen LogP contribution >= 0.6 is 11.8 Å². The minimum Gasteiger partial charge on any atom is -0.480 e. The van der Waals surface area contributed by atoms with Gasteiger partial charge in [-0.15, -0.1) is 0 Å². The Kier molecular flexibility index (Phi) is 10.8. The maximum atomic E-state index is 13.1. The third kappa shape index (κ3) is 6.80. The molecule has 0 spiro atoms. The molecular formula is C34H58N2O4S. The number of carbonyl (C=O) groups excluding carboxylic acids is 2. The van der Waals surface area contributed by atoms with E-state index in [0.29, 0.717) is 41.3 Å². The molecule has 7 heteroatoms. The second-order valence-corrected chi connectivity index (χ2v) is 16.1. The van der Waals surface area contributed by atoms with Gasteiger partial charge < -0.3 is 15.7 Å². The highest BCUT2D eigenvalue weighted by atomic mass is 32.2. The van der Waals surface area contributed by atoms with E-state index in [1.807, 2.05) is 20.1 Å². The van der Waals surface area contributed by atoms with Crippen molar-refractivity contribution in [2.75, 3.05) is 12.0 Å². The quantitative estimate of drug-likeness (QED) is 0.229. The Balaban J connectivity index is 1.32. The first kappa shape index (κ1) is 32.7. The van der Waals surface area contributed by atoms with Crippen molar-refractivity contribution < 1.29 is 19.5 Å². The molecule has 0 saturated heterocycles. The Morgan fingerprint density at radius 3 is 2.29 bits per heavy atom. The first-order valence-electron chi connectivity index (χ1n) is 16.7. The van der Waals surface area contributed by atoms with Gasteiger partial charge >= 0.3 is 5.97 Å². The lowest BCUT2D eigenvalue weighted by Crippen LogP contribution is -2.54. The van der Waals surface area contributed by atoms with Crippen LogP contribution in [0.1, 0.15) is 118 Å². The zero-order valence-corrected chi connectivity index (χ0v) is 27.5. The van der Waals surface area contributed by atoms with Crippen LogP contribution in [0, 0.1) is 52.3 Å². The molecule has 1 unspecified atom stereocenters. The standard InChI is InChI=1S/C34H58N2O4S/c1-21(2)30(31(38)35-28(32(39)40)17-20-41-6)36-29(37)15-10-22(3)25-13-14-26-24-12-11-23-9-7-8-18-33(23,4)27(24)16-19-34(25,26)5/h21-28,30H,7-20H2,1-6H3,(H,35,38)(H,36,37)(H,39,40)/t22-,23+,24+,25-,26+,27?,28+,30+,33+,34-/m1/s1. The van der Waals surface area contributed by atoms with E-state index in [4.69, 9.17) is 0 Å². The summed E-state index contributed by atoms with van der Waals surface area (Å²) in [5, 5.41) is 15.1. The molecule has 4 fully saturated rings. The van der Waals surface area contributed by atoms with Crippen LogP contribution in [0.5, 0.6) is 0 Å². The number of aliphatic carboxylic acids is 1.